The molecule has 0 bridgehead atoms. The highest BCUT2D eigenvalue weighted by molar-refractivity contribution is 5.37. The fourth-order valence-corrected chi connectivity index (χ4v) is 14.0. The SMILES string of the molecule is CO[C@H]1C=C2[C@H]3CC(C)(C)CC[C@]3(CO)[C@@H](O)C[C@@]2(C)[C@]2(C)CCC3C(C)(CO)C(O[C@@H]4O[C@H](CO)[C@@H](O)[C@H](O[C@@H]5O[C@H](C)[C@@H](O)[C@H](O)[C@H]5O)[C@H]4O)CC[C@]3(C)C12. The second kappa shape index (κ2) is 15.2. The molecule has 5 aliphatic carbocycles. The maximum Gasteiger partial charge on any atom is 0.187 e. The monoisotopic (exact) mass is 812 g/mol. The van der Waals surface area contributed by atoms with Gasteiger partial charge in [0.05, 0.1) is 44.2 Å². The molecule has 328 valence electrons. The standard InChI is InChI=1S/C43H72O14/c1-21-29(48)31(50)32(51)36(54-21)57-34-30(49)25(18-44)55-37(33(34)52)56-28-10-11-39(4)26(40(28,5)19-45)9-12-41(6)35(39)24(53-8)15-22-23-16-38(2,3)13-14-43(23,20-46)27(47)17-42(22,41)7/h15,21,23-37,44-52H,9-14,16-20H2,1-8H3/t21-,23-,24+,25-,26?,27+,28?,29-,30-,31+,32-,33-,34+,35?,36+,37+,39+,40?,41-,42-,43-/m1/s1. The second-order valence-corrected chi connectivity index (χ2v) is 21.0. The maximum atomic E-state index is 12.1. The fraction of sp³-hybridized carbons (Fsp3) is 0.953. The van der Waals surface area contributed by atoms with Gasteiger partial charge in [0.1, 0.15) is 42.7 Å². The average Bonchev–Trinajstić information content (AvgIpc) is 3.16. The smallest absolute Gasteiger partial charge is 0.187 e. The van der Waals surface area contributed by atoms with Gasteiger partial charge in [0.2, 0.25) is 0 Å². The summed E-state index contributed by atoms with van der Waals surface area (Å²) in [4.78, 5) is 0. The summed E-state index contributed by atoms with van der Waals surface area (Å²) >= 11 is 0. The van der Waals surface area contributed by atoms with Gasteiger partial charge >= 0.3 is 0 Å². The van der Waals surface area contributed by atoms with E-state index >= 15 is 0 Å². The molecule has 14 nitrogen and oxygen atoms in total. The van der Waals surface area contributed by atoms with Gasteiger partial charge in [0.25, 0.3) is 0 Å². The van der Waals surface area contributed by atoms with E-state index in [1.165, 1.54) is 12.5 Å². The number of allylic oxidation sites excluding steroid dienone is 1. The third-order valence-corrected chi connectivity index (χ3v) is 17.7. The molecule has 2 saturated heterocycles. The van der Waals surface area contributed by atoms with Crippen LogP contribution < -0.4 is 0 Å². The number of ether oxygens (including phenoxy) is 5. The van der Waals surface area contributed by atoms with Gasteiger partial charge in [0, 0.05) is 23.9 Å². The highest BCUT2D eigenvalue weighted by Crippen LogP contribution is 2.76. The summed E-state index contributed by atoms with van der Waals surface area (Å²) in [6.07, 6.45) is -7.65. The van der Waals surface area contributed by atoms with E-state index in [2.05, 4.69) is 40.7 Å². The number of hydrogen-bond acceptors (Lipinski definition) is 14. The molecule has 2 heterocycles. The van der Waals surface area contributed by atoms with Crippen LogP contribution in [0.3, 0.4) is 0 Å². The zero-order valence-electron chi connectivity index (χ0n) is 35.2. The number of hydrogen-bond donors (Lipinski definition) is 9. The first kappa shape index (κ1) is 44.2. The van der Waals surface area contributed by atoms with Crippen molar-refractivity contribution in [3.8, 4) is 0 Å². The lowest BCUT2D eigenvalue weighted by molar-refractivity contribution is -0.369. The highest BCUT2D eigenvalue weighted by atomic mass is 16.7. The van der Waals surface area contributed by atoms with Crippen molar-refractivity contribution in [2.45, 2.75) is 180 Å². The van der Waals surface area contributed by atoms with Crippen molar-refractivity contribution < 1.29 is 69.6 Å². The average molecular weight is 813 g/mol. The van der Waals surface area contributed by atoms with E-state index in [4.69, 9.17) is 23.7 Å². The Labute approximate surface area is 337 Å². The van der Waals surface area contributed by atoms with Gasteiger partial charge in [-0.15, -0.1) is 0 Å². The van der Waals surface area contributed by atoms with Crippen molar-refractivity contribution in [1.29, 1.82) is 0 Å². The molecule has 0 aromatic heterocycles. The zero-order valence-corrected chi connectivity index (χ0v) is 35.2. The van der Waals surface area contributed by atoms with Crippen LogP contribution in [0.15, 0.2) is 11.6 Å². The molecule has 7 aliphatic rings. The van der Waals surface area contributed by atoms with Gasteiger partial charge in [-0.05, 0) is 91.8 Å². The molecule has 0 radical (unpaired) electrons. The molecule has 7 rings (SSSR count). The molecule has 4 saturated carbocycles. The summed E-state index contributed by atoms with van der Waals surface area (Å²) < 4.78 is 30.6. The number of rotatable bonds is 8. The molecule has 21 atom stereocenters. The Bertz CT molecular complexity index is 1490. The quantitative estimate of drug-likeness (QED) is 0.125. The van der Waals surface area contributed by atoms with E-state index in [1.54, 1.807) is 7.11 Å². The van der Waals surface area contributed by atoms with Crippen molar-refractivity contribution in [1.82, 2.24) is 0 Å². The van der Waals surface area contributed by atoms with Gasteiger partial charge in [-0.1, -0.05) is 53.2 Å². The molecular formula is C43H72O14. The van der Waals surface area contributed by atoms with E-state index < -0.39 is 91.1 Å². The number of aliphatic hydroxyl groups excluding tert-OH is 9. The molecule has 4 unspecified atom stereocenters. The number of fused-ring (bicyclic) bond motifs is 7. The Morgan fingerprint density at radius 2 is 1.42 bits per heavy atom. The van der Waals surface area contributed by atoms with Gasteiger partial charge in [-0.25, -0.2) is 0 Å². The predicted molar refractivity (Wildman–Crippen MR) is 205 cm³/mol. The van der Waals surface area contributed by atoms with Crippen molar-refractivity contribution in [3.63, 3.8) is 0 Å². The van der Waals surface area contributed by atoms with Crippen LogP contribution in [0.1, 0.15) is 99.8 Å². The van der Waals surface area contributed by atoms with Crippen molar-refractivity contribution in [2.75, 3.05) is 26.9 Å². The van der Waals surface area contributed by atoms with Gasteiger partial charge in [0.15, 0.2) is 12.6 Å². The molecule has 14 heteroatoms. The van der Waals surface area contributed by atoms with Crippen LogP contribution in [0, 0.1) is 50.2 Å². The normalized spacial score (nSPS) is 56.1. The van der Waals surface area contributed by atoms with Crippen LogP contribution in [0.5, 0.6) is 0 Å². The van der Waals surface area contributed by atoms with Crippen LogP contribution in [0.25, 0.3) is 0 Å². The lowest BCUT2D eigenvalue weighted by Crippen LogP contribution is -2.70. The molecule has 9 N–H and O–H groups in total. The van der Waals surface area contributed by atoms with Gasteiger partial charge in [-0.3, -0.25) is 0 Å². The first-order valence-electron chi connectivity index (χ1n) is 21.4. The molecule has 57 heavy (non-hydrogen) atoms. The first-order valence-corrected chi connectivity index (χ1v) is 21.4. The largest absolute Gasteiger partial charge is 0.396 e. The summed E-state index contributed by atoms with van der Waals surface area (Å²) in [7, 11) is 1.77. The van der Waals surface area contributed by atoms with Crippen LogP contribution in [0.2, 0.25) is 0 Å². The van der Waals surface area contributed by atoms with Gasteiger partial charge in [-0.2, -0.15) is 0 Å². The highest BCUT2D eigenvalue weighted by Gasteiger charge is 2.72. The predicted octanol–water partition coefficient (Wildman–Crippen LogP) is 1.39. The minimum absolute atomic E-state index is 0.0150. The number of aliphatic hydroxyl groups is 9. The third kappa shape index (κ3) is 6.48. The Morgan fingerprint density at radius 1 is 0.737 bits per heavy atom. The van der Waals surface area contributed by atoms with Crippen LogP contribution in [-0.4, -0.2) is 153 Å². The lowest BCUT2D eigenvalue weighted by Gasteiger charge is -2.73. The summed E-state index contributed by atoms with van der Waals surface area (Å²) in [5.41, 5.74) is -1.03. The van der Waals surface area contributed by atoms with Gasteiger partial charge < -0.3 is 69.6 Å². The molecule has 0 spiro atoms. The van der Waals surface area contributed by atoms with E-state index in [1.807, 2.05) is 6.92 Å². The van der Waals surface area contributed by atoms with E-state index in [0.29, 0.717) is 19.3 Å². The molecule has 0 aromatic rings. The number of methoxy groups -OCH3 is 1. The second-order valence-electron chi connectivity index (χ2n) is 21.0. The minimum atomic E-state index is -1.69. The minimum Gasteiger partial charge on any atom is -0.396 e. The Hall–Kier alpha value is -0.820. The summed E-state index contributed by atoms with van der Waals surface area (Å²) in [5, 5.41) is 98.6. The molecule has 6 fully saturated rings. The van der Waals surface area contributed by atoms with Crippen molar-refractivity contribution >= 4 is 0 Å². The van der Waals surface area contributed by atoms with E-state index in [0.717, 1.165) is 32.1 Å². The zero-order chi connectivity index (χ0) is 41.8. The fourth-order valence-electron chi connectivity index (χ4n) is 14.0. The summed E-state index contributed by atoms with van der Waals surface area (Å²) in [5.74, 6) is -0.0215. The summed E-state index contributed by atoms with van der Waals surface area (Å²) in [6, 6.07) is 0. The molecular weight excluding hydrogens is 740 g/mol. The van der Waals surface area contributed by atoms with Crippen LogP contribution in [-0.2, 0) is 23.7 Å². The van der Waals surface area contributed by atoms with E-state index in [9.17, 15) is 46.0 Å². The summed E-state index contributed by atoms with van der Waals surface area (Å²) in [6.45, 7) is 14.2. The van der Waals surface area contributed by atoms with Crippen LogP contribution >= 0.6 is 0 Å². The Balaban J connectivity index is 1.18. The lowest BCUT2D eigenvalue weighted by atomic mass is 9.32. The van der Waals surface area contributed by atoms with Crippen molar-refractivity contribution in [2.24, 2.45) is 50.2 Å². The first-order chi connectivity index (χ1) is 26.6. The molecule has 2 aliphatic heterocycles. The van der Waals surface area contributed by atoms with Crippen LogP contribution in [0.4, 0.5) is 0 Å². The molecule has 0 aromatic carbocycles. The Kier molecular flexibility index (Phi) is 11.8. The van der Waals surface area contributed by atoms with Crippen molar-refractivity contribution in [3.05, 3.63) is 11.6 Å². The topological polar surface area (TPSA) is 228 Å². The van der Waals surface area contributed by atoms with E-state index in [-0.39, 0.29) is 58.7 Å². The maximum absolute atomic E-state index is 12.1. The third-order valence-electron chi connectivity index (χ3n) is 17.7. The molecule has 0 amide bonds. The Morgan fingerprint density at radius 3 is 2.05 bits per heavy atom.